The minimum atomic E-state index is -4.86. The van der Waals surface area contributed by atoms with Crippen LogP contribution in [0.3, 0.4) is 0 Å². The zero-order valence-corrected chi connectivity index (χ0v) is 10.8. The third-order valence-corrected chi connectivity index (χ3v) is 2.58. The highest BCUT2D eigenvalue weighted by Crippen LogP contribution is 2.32. The molecule has 0 radical (unpaired) electrons. The second-order valence-electron chi connectivity index (χ2n) is 4.11. The SMILES string of the molecule is O=C(Nc1ccc([N+](=O)[O-])cc1)C1=C(C(F)(F)F)OCCO1. The second-order valence-corrected chi connectivity index (χ2v) is 4.11. The molecule has 10 heteroatoms. The van der Waals surface area contributed by atoms with E-state index in [9.17, 15) is 28.1 Å². The van der Waals surface area contributed by atoms with Gasteiger partial charge in [-0.3, -0.25) is 14.9 Å². The molecule has 7 nitrogen and oxygen atoms in total. The Morgan fingerprint density at radius 1 is 1.18 bits per heavy atom. The minimum Gasteiger partial charge on any atom is -0.483 e. The number of non-ortho nitro benzene ring substituents is 1. The predicted molar refractivity (Wildman–Crippen MR) is 66.7 cm³/mol. The van der Waals surface area contributed by atoms with E-state index >= 15 is 0 Å². The maximum atomic E-state index is 12.7. The minimum absolute atomic E-state index is 0.0822. The number of alkyl halides is 3. The summed E-state index contributed by atoms with van der Waals surface area (Å²) in [7, 11) is 0. The summed E-state index contributed by atoms with van der Waals surface area (Å²) in [6.45, 7) is -0.508. The van der Waals surface area contributed by atoms with E-state index in [4.69, 9.17) is 4.74 Å². The van der Waals surface area contributed by atoms with Gasteiger partial charge in [-0.1, -0.05) is 0 Å². The molecule has 0 spiro atoms. The number of anilines is 1. The Bertz CT molecular complexity index is 625. The van der Waals surface area contributed by atoms with Gasteiger partial charge in [-0.2, -0.15) is 13.2 Å². The van der Waals surface area contributed by atoms with E-state index in [-0.39, 0.29) is 24.6 Å². The van der Waals surface area contributed by atoms with Crippen molar-refractivity contribution in [1.82, 2.24) is 0 Å². The fourth-order valence-corrected chi connectivity index (χ4v) is 1.65. The van der Waals surface area contributed by atoms with Gasteiger partial charge < -0.3 is 14.8 Å². The van der Waals surface area contributed by atoms with Crippen molar-refractivity contribution >= 4 is 17.3 Å². The highest BCUT2D eigenvalue weighted by Gasteiger charge is 2.43. The third-order valence-electron chi connectivity index (χ3n) is 2.58. The molecule has 0 fully saturated rings. The average molecular weight is 318 g/mol. The number of nitro benzene ring substituents is 1. The summed E-state index contributed by atoms with van der Waals surface area (Å²) in [5, 5.41) is 12.6. The Balaban J connectivity index is 2.20. The van der Waals surface area contributed by atoms with Gasteiger partial charge in [0.25, 0.3) is 11.6 Å². The van der Waals surface area contributed by atoms with E-state index < -0.39 is 28.5 Å². The molecule has 1 N–H and O–H groups in total. The molecular formula is C12H9F3N2O5. The molecule has 1 amide bonds. The largest absolute Gasteiger partial charge is 0.483 e. The van der Waals surface area contributed by atoms with E-state index in [2.05, 4.69) is 10.1 Å². The molecule has 1 aliphatic rings. The molecular weight excluding hydrogens is 309 g/mol. The van der Waals surface area contributed by atoms with Crippen LogP contribution in [0.25, 0.3) is 0 Å². The lowest BCUT2D eigenvalue weighted by Gasteiger charge is -2.22. The smallest absolute Gasteiger partial charge is 0.453 e. The number of amides is 1. The van der Waals surface area contributed by atoms with Crippen molar-refractivity contribution < 1.29 is 32.4 Å². The number of nitro groups is 1. The Labute approximate surface area is 121 Å². The lowest BCUT2D eigenvalue weighted by atomic mass is 10.2. The number of nitrogens with zero attached hydrogens (tertiary/aromatic N) is 1. The number of hydrogen-bond acceptors (Lipinski definition) is 5. The number of benzene rings is 1. The molecule has 22 heavy (non-hydrogen) atoms. The highest BCUT2D eigenvalue weighted by molar-refractivity contribution is 6.02. The lowest BCUT2D eigenvalue weighted by molar-refractivity contribution is -0.384. The topological polar surface area (TPSA) is 90.7 Å². The first-order valence-corrected chi connectivity index (χ1v) is 5.92. The Hall–Kier alpha value is -2.78. The van der Waals surface area contributed by atoms with Crippen molar-refractivity contribution in [2.45, 2.75) is 6.18 Å². The number of rotatable bonds is 3. The van der Waals surface area contributed by atoms with Crippen LogP contribution in [-0.2, 0) is 14.3 Å². The fourth-order valence-electron chi connectivity index (χ4n) is 1.65. The third kappa shape index (κ3) is 3.45. The van der Waals surface area contributed by atoms with E-state index in [1.165, 1.54) is 12.1 Å². The summed E-state index contributed by atoms with van der Waals surface area (Å²) >= 11 is 0. The Kier molecular flexibility index (Phi) is 4.20. The average Bonchev–Trinajstić information content (AvgIpc) is 2.47. The van der Waals surface area contributed by atoms with E-state index in [0.29, 0.717) is 0 Å². The number of carbonyl (C=O) groups excluding carboxylic acids is 1. The van der Waals surface area contributed by atoms with E-state index in [0.717, 1.165) is 12.1 Å². The summed E-state index contributed by atoms with van der Waals surface area (Å²) in [5.74, 6) is -3.63. The van der Waals surface area contributed by atoms with Gasteiger partial charge in [0.15, 0.2) is 0 Å². The standard InChI is InChI=1S/C12H9F3N2O5/c13-12(14,15)10-9(21-5-6-22-10)11(18)16-7-1-3-8(4-2-7)17(19)20/h1-4H,5-6H2,(H,16,18). The van der Waals surface area contributed by atoms with Gasteiger partial charge in [0.2, 0.25) is 11.5 Å². The molecule has 1 aromatic carbocycles. The van der Waals surface area contributed by atoms with Crippen molar-refractivity contribution in [2.75, 3.05) is 18.5 Å². The van der Waals surface area contributed by atoms with Crippen molar-refractivity contribution in [3.8, 4) is 0 Å². The van der Waals surface area contributed by atoms with Crippen LogP contribution in [0.4, 0.5) is 24.5 Å². The summed E-state index contributed by atoms with van der Waals surface area (Å²) in [6, 6.07) is 4.58. The highest BCUT2D eigenvalue weighted by atomic mass is 19.4. The molecule has 0 saturated heterocycles. The monoisotopic (exact) mass is 318 g/mol. The fraction of sp³-hybridized carbons (Fsp3) is 0.250. The normalized spacial score (nSPS) is 14.9. The van der Waals surface area contributed by atoms with Crippen molar-refractivity contribution in [3.63, 3.8) is 0 Å². The summed E-state index contributed by atoms with van der Waals surface area (Å²) in [6.07, 6.45) is -4.86. The molecule has 118 valence electrons. The summed E-state index contributed by atoms with van der Waals surface area (Å²) in [5.41, 5.74) is -0.135. The van der Waals surface area contributed by atoms with Gasteiger partial charge in [0.1, 0.15) is 13.2 Å². The molecule has 0 atom stereocenters. The van der Waals surface area contributed by atoms with Gasteiger partial charge in [-0.05, 0) is 12.1 Å². The van der Waals surface area contributed by atoms with Crippen LogP contribution in [-0.4, -0.2) is 30.2 Å². The summed E-state index contributed by atoms with van der Waals surface area (Å²) in [4.78, 5) is 21.7. The predicted octanol–water partition coefficient (Wildman–Crippen LogP) is 2.35. The Morgan fingerprint density at radius 3 is 2.32 bits per heavy atom. The van der Waals surface area contributed by atoms with Crippen molar-refractivity contribution in [2.24, 2.45) is 0 Å². The summed E-state index contributed by atoms with van der Waals surface area (Å²) < 4.78 is 47.3. The van der Waals surface area contributed by atoms with Crippen LogP contribution in [0.1, 0.15) is 0 Å². The molecule has 1 heterocycles. The number of hydrogen-bond donors (Lipinski definition) is 1. The maximum Gasteiger partial charge on any atom is 0.453 e. The van der Waals surface area contributed by atoms with Gasteiger partial charge in [-0.25, -0.2) is 0 Å². The molecule has 0 bridgehead atoms. The van der Waals surface area contributed by atoms with Crippen LogP contribution in [0, 0.1) is 10.1 Å². The molecule has 0 unspecified atom stereocenters. The molecule has 1 aromatic rings. The van der Waals surface area contributed by atoms with Crippen molar-refractivity contribution in [3.05, 3.63) is 45.9 Å². The second kappa shape index (κ2) is 5.92. The molecule has 1 aliphatic heterocycles. The van der Waals surface area contributed by atoms with Crippen LogP contribution >= 0.6 is 0 Å². The van der Waals surface area contributed by atoms with Gasteiger partial charge in [-0.15, -0.1) is 0 Å². The van der Waals surface area contributed by atoms with E-state index in [1.807, 2.05) is 0 Å². The van der Waals surface area contributed by atoms with Crippen LogP contribution in [0.2, 0.25) is 0 Å². The first-order valence-electron chi connectivity index (χ1n) is 5.92. The Morgan fingerprint density at radius 2 is 1.77 bits per heavy atom. The molecule has 0 aromatic heterocycles. The number of carbonyl (C=O) groups is 1. The molecule has 0 aliphatic carbocycles. The van der Waals surface area contributed by atoms with Gasteiger partial charge >= 0.3 is 6.18 Å². The first kappa shape index (κ1) is 15.6. The number of allylic oxidation sites excluding steroid dienone is 1. The maximum absolute atomic E-state index is 12.7. The van der Waals surface area contributed by atoms with E-state index in [1.54, 1.807) is 0 Å². The first-order chi connectivity index (χ1) is 10.3. The zero-order chi connectivity index (χ0) is 16.3. The van der Waals surface area contributed by atoms with Crippen LogP contribution in [0.5, 0.6) is 0 Å². The number of halogens is 3. The number of ether oxygens (including phenoxy) is 2. The van der Waals surface area contributed by atoms with Crippen molar-refractivity contribution in [1.29, 1.82) is 0 Å². The lowest BCUT2D eigenvalue weighted by Crippen LogP contribution is -2.30. The van der Waals surface area contributed by atoms with Gasteiger partial charge in [0.05, 0.1) is 4.92 Å². The zero-order valence-electron chi connectivity index (χ0n) is 10.8. The molecule has 0 saturated carbocycles. The van der Waals surface area contributed by atoms with Crippen LogP contribution < -0.4 is 5.32 Å². The van der Waals surface area contributed by atoms with Crippen LogP contribution in [0.15, 0.2) is 35.8 Å². The number of nitrogens with one attached hydrogen (secondary N) is 1. The quantitative estimate of drug-likeness (QED) is 0.682. The molecule has 2 rings (SSSR count). The van der Waals surface area contributed by atoms with Gasteiger partial charge in [0, 0.05) is 17.8 Å².